The number of para-hydroxylation sites is 1. The normalized spacial score (nSPS) is 14.0. The molecule has 0 aliphatic carbocycles. The lowest BCUT2D eigenvalue weighted by Gasteiger charge is -2.13. The lowest BCUT2D eigenvalue weighted by Crippen LogP contribution is -2.24. The Labute approximate surface area is 160 Å². The fraction of sp³-hybridized carbons (Fsp3) is 0.136. The van der Waals surface area contributed by atoms with Gasteiger partial charge in [0.2, 0.25) is 5.88 Å². The average molecular weight is 374 g/mol. The Morgan fingerprint density at radius 1 is 1.14 bits per heavy atom. The fourth-order valence-electron chi connectivity index (χ4n) is 3.57. The third kappa shape index (κ3) is 2.79. The van der Waals surface area contributed by atoms with E-state index in [-0.39, 0.29) is 5.88 Å². The molecule has 0 saturated carbocycles. The smallest absolute Gasteiger partial charge is 0.323 e. The predicted octanol–water partition coefficient (Wildman–Crippen LogP) is 3.61. The van der Waals surface area contributed by atoms with Crippen molar-refractivity contribution in [1.29, 1.82) is 0 Å². The van der Waals surface area contributed by atoms with Crippen LogP contribution in [0, 0.1) is 0 Å². The molecule has 28 heavy (non-hydrogen) atoms. The van der Waals surface area contributed by atoms with Crippen LogP contribution in [0.25, 0.3) is 22.4 Å². The summed E-state index contributed by atoms with van der Waals surface area (Å²) >= 11 is 0. The molecule has 0 fully saturated rings. The van der Waals surface area contributed by atoms with Gasteiger partial charge in [-0.05, 0) is 29.5 Å². The number of benzene rings is 2. The van der Waals surface area contributed by atoms with Crippen molar-refractivity contribution in [2.75, 3.05) is 0 Å². The lowest BCUT2D eigenvalue weighted by atomic mass is 9.98. The number of fused-ring (bicyclic) bond motifs is 2. The number of carboxylic acid groups (broad SMARTS) is 1. The van der Waals surface area contributed by atoms with Gasteiger partial charge >= 0.3 is 5.97 Å². The van der Waals surface area contributed by atoms with Gasteiger partial charge in [-0.15, -0.1) is 0 Å². The maximum Gasteiger partial charge on any atom is 0.323 e. The maximum atomic E-state index is 12.6. The second-order valence-corrected chi connectivity index (χ2v) is 6.59. The van der Waals surface area contributed by atoms with Gasteiger partial charge in [0.15, 0.2) is 0 Å². The molecule has 2 aromatic carbocycles. The highest BCUT2D eigenvalue weighted by Gasteiger charge is 2.19. The van der Waals surface area contributed by atoms with Crippen LogP contribution in [-0.4, -0.2) is 27.0 Å². The Bertz CT molecular complexity index is 1240. The van der Waals surface area contributed by atoms with Crippen LogP contribution in [0.4, 0.5) is 5.69 Å². The van der Waals surface area contributed by atoms with Crippen molar-refractivity contribution < 1.29 is 15.0 Å². The van der Waals surface area contributed by atoms with Crippen LogP contribution in [0.15, 0.2) is 52.3 Å². The lowest BCUT2D eigenvalue weighted by molar-refractivity contribution is -0.137. The van der Waals surface area contributed by atoms with Crippen LogP contribution in [0.3, 0.4) is 0 Å². The van der Waals surface area contributed by atoms with Crippen LogP contribution in [0.1, 0.15) is 23.6 Å². The Kier molecular flexibility index (Phi) is 4.31. The summed E-state index contributed by atoms with van der Waals surface area (Å²) in [6.07, 6.45) is 4.33. The van der Waals surface area contributed by atoms with E-state index in [1.807, 2.05) is 18.2 Å². The van der Waals surface area contributed by atoms with Crippen molar-refractivity contribution in [3.8, 4) is 5.88 Å². The van der Waals surface area contributed by atoms with E-state index in [1.54, 1.807) is 36.6 Å². The van der Waals surface area contributed by atoms with E-state index >= 15 is 0 Å². The van der Waals surface area contributed by atoms with Gasteiger partial charge in [-0.25, -0.2) is 0 Å². The van der Waals surface area contributed by atoms with E-state index in [0.717, 1.165) is 33.4 Å². The molecule has 1 aliphatic rings. The molecule has 0 radical (unpaired) electrons. The van der Waals surface area contributed by atoms with Crippen molar-refractivity contribution in [2.45, 2.75) is 19.9 Å². The molecule has 0 unspecified atom stereocenters. The van der Waals surface area contributed by atoms with Crippen molar-refractivity contribution in [3.63, 3.8) is 0 Å². The number of aliphatic imine (C=N–C) groups is 1. The number of hydrogen-bond acceptors (Lipinski definition) is 4. The number of rotatable bonds is 4. The minimum Gasteiger partial charge on any atom is -0.494 e. The zero-order valence-electron chi connectivity index (χ0n) is 15.2. The monoisotopic (exact) mass is 374 g/mol. The Morgan fingerprint density at radius 3 is 2.61 bits per heavy atom. The molecular weight excluding hydrogens is 356 g/mol. The number of hydrogen-bond donors (Lipinski definition) is 2. The molecule has 0 atom stereocenters. The van der Waals surface area contributed by atoms with E-state index in [0.29, 0.717) is 16.3 Å². The first kappa shape index (κ1) is 17.7. The summed E-state index contributed by atoms with van der Waals surface area (Å²) in [5.74, 6) is -1.57. The molecule has 4 rings (SSSR count). The Hall–Kier alpha value is -3.67. The number of allylic oxidation sites excluding steroid dienone is 1. The molecule has 0 bridgehead atoms. The Balaban J connectivity index is 1.99. The van der Waals surface area contributed by atoms with Gasteiger partial charge in [0.1, 0.15) is 6.54 Å². The molecule has 2 heterocycles. The number of aromatic nitrogens is 1. The zero-order chi connectivity index (χ0) is 19.8. The van der Waals surface area contributed by atoms with E-state index in [2.05, 4.69) is 11.9 Å². The molecule has 0 saturated heterocycles. The minimum atomic E-state index is -1.20. The standard InChI is InChI=1S/C22H18N2O4/c1-2-13-6-5-9-15-14(11-23-20(13)15)10-18-16-7-3-4-8-17(16)21(27)24(22(18)28)12-19(25)26/h3-11,28H,2,12H2,1H3,(H,25,26)/b14-10+. The van der Waals surface area contributed by atoms with Crippen LogP contribution >= 0.6 is 0 Å². The van der Waals surface area contributed by atoms with Gasteiger partial charge in [0.25, 0.3) is 5.56 Å². The fourth-order valence-corrected chi connectivity index (χ4v) is 3.57. The summed E-state index contributed by atoms with van der Waals surface area (Å²) in [5, 5.41) is 20.8. The number of aromatic hydroxyl groups is 1. The van der Waals surface area contributed by atoms with Gasteiger partial charge in [0.05, 0.1) is 5.69 Å². The number of carbonyl (C=O) groups is 1. The number of aryl methyl sites for hydroxylation is 1. The quantitative estimate of drug-likeness (QED) is 0.730. The largest absolute Gasteiger partial charge is 0.494 e. The number of nitrogens with zero attached hydrogens (tertiary/aromatic N) is 2. The summed E-state index contributed by atoms with van der Waals surface area (Å²) in [6.45, 7) is 1.45. The first-order valence-corrected chi connectivity index (χ1v) is 8.95. The van der Waals surface area contributed by atoms with Gasteiger partial charge in [0, 0.05) is 28.3 Å². The van der Waals surface area contributed by atoms with Gasteiger partial charge in [-0.1, -0.05) is 43.3 Å². The summed E-state index contributed by atoms with van der Waals surface area (Å²) in [4.78, 5) is 28.3. The first-order valence-electron chi connectivity index (χ1n) is 8.95. The highest BCUT2D eigenvalue weighted by atomic mass is 16.4. The zero-order valence-corrected chi connectivity index (χ0v) is 15.2. The first-order chi connectivity index (χ1) is 13.5. The van der Waals surface area contributed by atoms with Crippen LogP contribution < -0.4 is 5.56 Å². The molecule has 0 spiro atoms. The highest BCUT2D eigenvalue weighted by molar-refractivity contribution is 6.22. The third-order valence-electron chi connectivity index (χ3n) is 4.93. The summed E-state index contributed by atoms with van der Waals surface area (Å²) in [7, 11) is 0. The number of pyridine rings is 1. The van der Waals surface area contributed by atoms with Crippen molar-refractivity contribution in [1.82, 2.24) is 4.57 Å². The summed E-state index contributed by atoms with van der Waals surface area (Å²) in [6, 6.07) is 12.8. The highest BCUT2D eigenvalue weighted by Crippen LogP contribution is 2.37. The molecule has 1 aromatic heterocycles. The molecule has 140 valence electrons. The van der Waals surface area contributed by atoms with Gasteiger partial charge in [-0.2, -0.15) is 0 Å². The molecule has 3 aromatic rings. The second-order valence-electron chi connectivity index (χ2n) is 6.59. The van der Waals surface area contributed by atoms with E-state index < -0.39 is 18.1 Å². The Morgan fingerprint density at radius 2 is 1.89 bits per heavy atom. The predicted molar refractivity (Wildman–Crippen MR) is 109 cm³/mol. The van der Waals surface area contributed by atoms with Crippen molar-refractivity contribution >= 4 is 40.3 Å². The molecule has 1 aliphatic heterocycles. The van der Waals surface area contributed by atoms with Gasteiger partial charge in [-0.3, -0.25) is 19.1 Å². The van der Waals surface area contributed by atoms with E-state index in [9.17, 15) is 14.7 Å². The molecule has 6 heteroatoms. The SMILES string of the molecule is CCc1cccc2c1N=C/C2=C\c1c(O)n(CC(=O)O)c(=O)c2ccccc12. The third-order valence-corrected chi connectivity index (χ3v) is 4.93. The average Bonchev–Trinajstić information content (AvgIpc) is 3.11. The van der Waals surface area contributed by atoms with Crippen LogP contribution in [0.2, 0.25) is 0 Å². The molecule has 2 N–H and O–H groups in total. The topological polar surface area (TPSA) is 91.9 Å². The summed E-state index contributed by atoms with van der Waals surface area (Å²) in [5.41, 5.74) is 3.63. The number of carboxylic acids is 1. The maximum absolute atomic E-state index is 12.6. The second kappa shape index (κ2) is 6.81. The van der Waals surface area contributed by atoms with E-state index in [4.69, 9.17) is 5.11 Å². The molecule has 0 amide bonds. The minimum absolute atomic E-state index is 0.353. The molecular formula is C22H18N2O4. The molecule has 6 nitrogen and oxygen atoms in total. The van der Waals surface area contributed by atoms with Crippen molar-refractivity contribution in [2.24, 2.45) is 4.99 Å². The van der Waals surface area contributed by atoms with E-state index in [1.165, 1.54) is 0 Å². The summed E-state index contributed by atoms with van der Waals surface area (Å²) < 4.78 is 0.881. The number of aliphatic carboxylic acids is 1. The van der Waals surface area contributed by atoms with Gasteiger partial charge < -0.3 is 10.2 Å². The van der Waals surface area contributed by atoms with Crippen LogP contribution in [-0.2, 0) is 17.8 Å². The van der Waals surface area contributed by atoms with Crippen LogP contribution in [0.5, 0.6) is 5.88 Å². The van der Waals surface area contributed by atoms with Crippen molar-refractivity contribution in [3.05, 3.63) is 69.5 Å².